The zero-order chi connectivity index (χ0) is 28.2. The lowest BCUT2D eigenvalue weighted by molar-refractivity contribution is 0.235. The van der Waals surface area contributed by atoms with Crippen LogP contribution in [-0.2, 0) is 4.43 Å². The Morgan fingerprint density at radius 3 is 2.51 bits per heavy atom. The highest BCUT2D eigenvalue weighted by molar-refractivity contribution is 9.10. The van der Waals surface area contributed by atoms with Gasteiger partial charge in [-0.05, 0) is 96.1 Å². The van der Waals surface area contributed by atoms with Crippen LogP contribution in [0.3, 0.4) is 0 Å². The van der Waals surface area contributed by atoms with Crippen LogP contribution in [0.5, 0.6) is 5.75 Å². The van der Waals surface area contributed by atoms with Crippen molar-refractivity contribution in [1.29, 1.82) is 0 Å². The summed E-state index contributed by atoms with van der Waals surface area (Å²) < 4.78 is 14.3. The van der Waals surface area contributed by atoms with Crippen LogP contribution < -0.4 is 15.6 Å². The van der Waals surface area contributed by atoms with Gasteiger partial charge in [0.05, 0.1) is 6.61 Å². The first kappa shape index (κ1) is 29.8. The van der Waals surface area contributed by atoms with E-state index in [0.717, 1.165) is 44.7 Å². The minimum absolute atomic E-state index is 0.109. The number of halogens is 1. The number of likely N-dealkylation sites (N-methyl/N-ethyl adjacent to an activating group) is 1. The van der Waals surface area contributed by atoms with E-state index in [1.54, 1.807) is 10.6 Å². The van der Waals surface area contributed by atoms with Crippen LogP contribution in [0.15, 0.2) is 57.9 Å². The Bertz CT molecular complexity index is 1310. The zero-order valence-electron chi connectivity index (χ0n) is 24.2. The van der Waals surface area contributed by atoms with Crippen molar-refractivity contribution in [1.82, 2.24) is 14.3 Å². The number of rotatable bonds is 10. The number of benzene rings is 1. The first-order valence-electron chi connectivity index (χ1n) is 13.9. The van der Waals surface area contributed by atoms with Gasteiger partial charge in [0.1, 0.15) is 21.7 Å². The molecule has 1 aliphatic heterocycles. The molecule has 0 saturated carbocycles. The molecule has 0 unspecified atom stereocenters. The number of anilines is 1. The van der Waals surface area contributed by atoms with Gasteiger partial charge in [-0.25, -0.2) is 4.98 Å². The quantitative estimate of drug-likeness (QED) is 0.207. The van der Waals surface area contributed by atoms with Crippen LogP contribution in [0.4, 0.5) is 5.82 Å². The highest BCUT2D eigenvalue weighted by Gasteiger charge is 2.36. The maximum atomic E-state index is 12.8. The van der Waals surface area contributed by atoms with E-state index in [9.17, 15) is 4.79 Å². The van der Waals surface area contributed by atoms with Crippen LogP contribution in [0.2, 0.25) is 18.1 Å². The Kier molecular flexibility index (Phi) is 9.57. The van der Waals surface area contributed by atoms with Crippen LogP contribution in [-0.4, -0.2) is 62.0 Å². The van der Waals surface area contributed by atoms with Gasteiger partial charge in [0.15, 0.2) is 8.32 Å². The molecule has 0 radical (unpaired) electrons. The molecule has 9 heteroatoms. The summed E-state index contributed by atoms with van der Waals surface area (Å²) in [6.45, 7) is 14.8. The second kappa shape index (κ2) is 12.5. The summed E-state index contributed by atoms with van der Waals surface area (Å²) in [5, 5.41) is 3.79. The fourth-order valence-electron chi connectivity index (χ4n) is 4.80. The number of nitrogens with one attached hydrogen (secondary N) is 1. The summed E-state index contributed by atoms with van der Waals surface area (Å²) in [7, 11) is 0.474. The largest absolute Gasteiger partial charge is 0.494 e. The first-order chi connectivity index (χ1) is 18.4. The molecular weight excluding hydrogens is 572 g/mol. The van der Waals surface area contributed by atoms with Crippen LogP contribution in [0.1, 0.15) is 51.5 Å². The lowest BCUT2D eigenvalue weighted by Gasteiger charge is -2.36. The van der Waals surface area contributed by atoms with Gasteiger partial charge in [0, 0.05) is 31.9 Å². The summed E-state index contributed by atoms with van der Waals surface area (Å²) in [5.74, 6) is 1.89. The highest BCUT2D eigenvalue weighted by atomic mass is 79.9. The summed E-state index contributed by atoms with van der Waals surface area (Å²) in [6.07, 6.45) is 4.70. The number of aromatic nitrogens is 2. The van der Waals surface area contributed by atoms with E-state index in [0.29, 0.717) is 28.5 Å². The number of fused-ring (bicyclic) bond motifs is 1. The molecule has 1 N–H and O–H groups in total. The molecule has 1 aliphatic rings. The molecule has 2 aromatic heterocycles. The third-order valence-corrected chi connectivity index (χ3v) is 13.3. The van der Waals surface area contributed by atoms with E-state index in [1.807, 2.05) is 18.2 Å². The van der Waals surface area contributed by atoms with Gasteiger partial charge < -0.3 is 19.4 Å². The molecule has 2 atom stereocenters. The summed E-state index contributed by atoms with van der Waals surface area (Å²) in [5.41, 5.74) is 1.82. The van der Waals surface area contributed by atoms with Crippen LogP contribution >= 0.6 is 15.9 Å². The summed E-state index contributed by atoms with van der Waals surface area (Å²) in [4.78, 5) is 19.8. The fourth-order valence-corrected chi connectivity index (χ4v) is 6.28. The third kappa shape index (κ3) is 7.51. The lowest BCUT2D eigenvalue weighted by atomic mass is 9.88. The Hall–Kier alpha value is -2.20. The van der Waals surface area contributed by atoms with Gasteiger partial charge >= 0.3 is 0 Å². The van der Waals surface area contributed by atoms with Crippen molar-refractivity contribution in [2.24, 2.45) is 0 Å². The number of pyridine rings is 1. The molecule has 212 valence electrons. The summed E-state index contributed by atoms with van der Waals surface area (Å²) in [6, 6.07) is 14.3. The van der Waals surface area contributed by atoms with E-state index in [-0.39, 0.29) is 16.6 Å². The van der Waals surface area contributed by atoms with Gasteiger partial charge in [-0.15, -0.1) is 0 Å². The molecule has 3 heterocycles. The van der Waals surface area contributed by atoms with Crippen molar-refractivity contribution in [3.05, 3.63) is 69.1 Å². The SMILES string of the molecule is CN1C[C@H](Nc2nc3ccccn3c(=O)c2Br)C[C@H](c2ccc(OCCCCO[Si](C)(C)C(C)(C)C)cc2)C1. The minimum atomic E-state index is -1.67. The smallest absolute Gasteiger partial charge is 0.274 e. The minimum Gasteiger partial charge on any atom is -0.494 e. The van der Waals surface area contributed by atoms with Crippen molar-refractivity contribution in [2.75, 3.05) is 38.7 Å². The Labute approximate surface area is 242 Å². The van der Waals surface area contributed by atoms with E-state index in [2.05, 4.69) is 91.3 Å². The molecule has 39 heavy (non-hydrogen) atoms. The number of hydrogen-bond donors (Lipinski definition) is 1. The van der Waals surface area contributed by atoms with Gasteiger partial charge in [-0.3, -0.25) is 9.20 Å². The normalized spacial score (nSPS) is 18.8. The predicted molar refractivity (Wildman–Crippen MR) is 166 cm³/mol. The molecule has 1 aromatic carbocycles. The van der Waals surface area contributed by atoms with Crippen molar-refractivity contribution in [3.63, 3.8) is 0 Å². The van der Waals surface area contributed by atoms with E-state index in [1.165, 1.54) is 5.56 Å². The standard InChI is InChI=1S/C30H43BrN4O3Si/c1-30(2,3)39(5,6)38-18-10-9-17-37-25-14-12-22(13-15-25)23-19-24(21-34(4)20-23)32-28-27(31)29(36)35-16-8-7-11-26(35)33-28/h7-8,11-16,23-24,32H,9-10,17-21H2,1-6H3/t23-,24+/m0/s1. The predicted octanol–water partition coefficient (Wildman–Crippen LogP) is 6.54. The molecule has 4 rings (SSSR count). The van der Waals surface area contributed by atoms with Gasteiger partial charge in [-0.2, -0.15) is 0 Å². The third-order valence-electron chi connectivity index (χ3n) is 8.08. The van der Waals surface area contributed by atoms with E-state index >= 15 is 0 Å². The van der Waals surface area contributed by atoms with Crippen molar-refractivity contribution >= 4 is 35.7 Å². The number of hydrogen-bond acceptors (Lipinski definition) is 6. The topological polar surface area (TPSA) is 68.1 Å². The molecule has 0 aliphatic carbocycles. The number of unbranched alkanes of at least 4 members (excludes halogenated alkanes) is 1. The van der Waals surface area contributed by atoms with Crippen LogP contribution in [0.25, 0.3) is 5.65 Å². The van der Waals surface area contributed by atoms with Crippen molar-refractivity contribution in [2.45, 2.75) is 70.1 Å². The fraction of sp³-hybridized carbons (Fsp3) is 0.533. The first-order valence-corrected chi connectivity index (χ1v) is 17.6. The average Bonchev–Trinajstić information content (AvgIpc) is 2.88. The molecule has 3 aromatic rings. The summed E-state index contributed by atoms with van der Waals surface area (Å²) >= 11 is 3.47. The Morgan fingerprint density at radius 2 is 1.79 bits per heavy atom. The number of piperidine rings is 1. The number of nitrogens with zero attached hydrogens (tertiary/aromatic N) is 3. The van der Waals surface area contributed by atoms with Crippen molar-refractivity contribution in [3.8, 4) is 5.75 Å². The highest BCUT2D eigenvalue weighted by Crippen LogP contribution is 2.36. The maximum Gasteiger partial charge on any atom is 0.274 e. The average molecular weight is 616 g/mol. The molecule has 1 fully saturated rings. The Balaban J connectivity index is 1.29. The number of ether oxygens (including phenoxy) is 1. The molecule has 0 amide bonds. The molecule has 7 nitrogen and oxygen atoms in total. The van der Waals surface area contributed by atoms with Crippen LogP contribution in [0, 0.1) is 0 Å². The Morgan fingerprint density at radius 1 is 1.08 bits per heavy atom. The maximum absolute atomic E-state index is 12.8. The number of likely N-dealkylation sites (tertiary alicyclic amines) is 1. The molecule has 1 saturated heterocycles. The van der Waals surface area contributed by atoms with E-state index < -0.39 is 8.32 Å². The van der Waals surface area contributed by atoms with Crippen molar-refractivity contribution < 1.29 is 9.16 Å². The van der Waals surface area contributed by atoms with Gasteiger partial charge in [-0.1, -0.05) is 39.0 Å². The molecule has 0 spiro atoms. The van der Waals surface area contributed by atoms with Gasteiger partial charge in [0.2, 0.25) is 0 Å². The lowest BCUT2D eigenvalue weighted by Crippen LogP contribution is -2.43. The second-order valence-electron chi connectivity index (χ2n) is 12.2. The second-order valence-corrected chi connectivity index (χ2v) is 17.8. The zero-order valence-corrected chi connectivity index (χ0v) is 26.8. The van der Waals surface area contributed by atoms with E-state index in [4.69, 9.17) is 14.1 Å². The monoisotopic (exact) mass is 614 g/mol. The molecular formula is C30H43BrN4O3Si. The van der Waals surface area contributed by atoms with Gasteiger partial charge in [0.25, 0.3) is 5.56 Å². The molecule has 0 bridgehead atoms.